The number of benzene rings is 1. The van der Waals surface area contributed by atoms with Gasteiger partial charge in [0.25, 0.3) is 0 Å². The molecule has 6 nitrogen and oxygen atoms in total. The SMILES string of the molecule is N#Cc1ccc(N2C[C@]3(C(=O)N[C@H]4CNC[C@@H]4F)C[C@]3(C(F)(F)F)C2)c2cccnc12. The second kappa shape index (κ2) is 6.53. The molecule has 1 saturated carbocycles. The summed E-state index contributed by atoms with van der Waals surface area (Å²) in [7, 11) is 0. The molecular formula is C21H19F4N5O. The van der Waals surface area contributed by atoms with E-state index in [1.54, 1.807) is 23.1 Å². The lowest BCUT2D eigenvalue weighted by Crippen LogP contribution is -2.48. The van der Waals surface area contributed by atoms with Crippen molar-refractivity contribution in [2.45, 2.75) is 24.8 Å². The number of pyridine rings is 1. The lowest BCUT2D eigenvalue weighted by Gasteiger charge is -2.25. The largest absolute Gasteiger partial charge is 0.397 e. The number of fused-ring (bicyclic) bond motifs is 2. The van der Waals surface area contributed by atoms with Crippen LogP contribution < -0.4 is 15.5 Å². The second-order valence-electron chi connectivity index (χ2n) is 8.59. The van der Waals surface area contributed by atoms with Crippen LogP contribution in [0.4, 0.5) is 23.2 Å². The maximum Gasteiger partial charge on any atom is 0.397 e. The van der Waals surface area contributed by atoms with E-state index in [2.05, 4.69) is 15.6 Å². The van der Waals surface area contributed by atoms with Gasteiger partial charge in [0.15, 0.2) is 0 Å². The van der Waals surface area contributed by atoms with Gasteiger partial charge in [-0.1, -0.05) is 0 Å². The highest BCUT2D eigenvalue weighted by Crippen LogP contribution is 2.75. The summed E-state index contributed by atoms with van der Waals surface area (Å²) in [5.74, 6) is -0.750. The molecule has 31 heavy (non-hydrogen) atoms. The standard InChI is InChI=1S/C21H19F4N5O/c22-14-7-27-8-15(14)29-18(31)19-9-20(19,21(23,24)25)11-30(10-19)16-4-3-12(6-26)17-13(16)2-1-5-28-17/h1-5,14-15,27H,7-11H2,(H,29,31)/t14-,15-,19-,20-/m0/s1. The highest BCUT2D eigenvalue weighted by molar-refractivity contribution is 5.97. The van der Waals surface area contributed by atoms with Crippen molar-refractivity contribution in [3.63, 3.8) is 0 Å². The zero-order valence-corrected chi connectivity index (χ0v) is 16.3. The molecule has 1 aliphatic carbocycles. The predicted octanol–water partition coefficient (Wildman–Crippen LogP) is 2.29. The molecule has 4 atom stereocenters. The number of amides is 1. The van der Waals surface area contributed by atoms with E-state index in [-0.39, 0.29) is 32.6 Å². The van der Waals surface area contributed by atoms with E-state index in [1.807, 2.05) is 6.07 Å². The third kappa shape index (κ3) is 2.72. The highest BCUT2D eigenvalue weighted by Gasteiger charge is 2.86. The van der Waals surface area contributed by atoms with Gasteiger partial charge in [-0.05, 0) is 30.7 Å². The Morgan fingerprint density at radius 1 is 1.29 bits per heavy atom. The molecule has 162 valence electrons. The van der Waals surface area contributed by atoms with Gasteiger partial charge >= 0.3 is 6.18 Å². The molecule has 2 aromatic rings. The summed E-state index contributed by atoms with van der Waals surface area (Å²) in [5.41, 5.74) is -2.61. The smallest absolute Gasteiger partial charge is 0.369 e. The molecule has 1 amide bonds. The van der Waals surface area contributed by atoms with E-state index in [0.717, 1.165) is 0 Å². The van der Waals surface area contributed by atoms with Crippen LogP contribution >= 0.6 is 0 Å². The first-order valence-electron chi connectivity index (χ1n) is 9.98. The molecule has 3 aliphatic rings. The van der Waals surface area contributed by atoms with Gasteiger partial charge in [-0.3, -0.25) is 9.78 Å². The highest BCUT2D eigenvalue weighted by atomic mass is 19.4. The number of carbonyl (C=O) groups excluding carboxylic acids is 1. The van der Waals surface area contributed by atoms with Gasteiger partial charge in [-0.15, -0.1) is 0 Å². The number of rotatable bonds is 3. The fourth-order valence-corrected chi connectivity index (χ4v) is 5.21. The normalized spacial score (nSPS) is 32.0. The molecule has 0 bridgehead atoms. The predicted molar refractivity (Wildman–Crippen MR) is 104 cm³/mol. The summed E-state index contributed by atoms with van der Waals surface area (Å²) in [6.45, 7) is -0.247. The van der Waals surface area contributed by atoms with Gasteiger partial charge < -0.3 is 15.5 Å². The van der Waals surface area contributed by atoms with Gasteiger partial charge in [0.1, 0.15) is 17.7 Å². The monoisotopic (exact) mass is 433 g/mol. The number of nitrogens with one attached hydrogen (secondary N) is 2. The summed E-state index contributed by atoms with van der Waals surface area (Å²) >= 11 is 0. The van der Waals surface area contributed by atoms with Crippen LogP contribution in [-0.2, 0) is 4.79 Å². The number of hydrogen-bond donors (Lipinski definition) is 2. The summed E-state index contributed by atoms with van der Waals surface area (Å²) in [5, 5.41) is 15.2. The van der Waals surface area contributed by atoms with E-state index in [1.165, 1.54) is 12.3 Å². The minimum absolute atomic E-state index is 0.0682. The van der Waals surface area contributed by atoms with E-state index in [9.17, 15) is 27.6 Å². The summed E-state index contributed by atoms with van der Waals surface area (Å²) in [6.07, 6.45) is -4.70. The molecule has 1 aromatic carbocycles. The first-order valence-corrected chi connectivity index (χ1v) is 9.98. The minimum Gasteiger partial charge on any atom is -0.369 e. The Morgan fingerprint density at radius 3 is 2.77 bits per heavy atom. The number of carbonyl (C=O) groups is 1. The van der Waals surface area contributed by atoms with Crippen LogP contribution in [0.1, 0.15) is 12.0 Å². The zero-order valence-electron chi connectivity index (χ0n) is 16.3. The molecular weight excluding hydrogens is 414 g/mol. The lowest BCUT2D eigenvalue weighted by atomic mass is 9.94. The number of halogens is 4. The molecule has 2 saturated heterocycles. The Morgan fingerprint density at radius 2 is 2.10 bits per heavy atom. The lowest BCUT2D eigenvalue weighted by molar-refractivity contribution is -0.191. The third-order valence-corrected chi connectivity index (χ3v) is 6.96. The molecule has 2 N–H and O–H groups in total. The van der Waals surface area contributed by atoms with Crippen molar-refractivity contribution in [3.8, 4) is 6.07 Å². The van der Waals surface area contributed by atoms with Crippen molar-refractivity contribution in [1.29, 1.82) is 5.26 Å². The molecule has 2 aliphatic heterocycles. The van der Waals surface area contributed by atoms with E-state index in [0.29, 0.717) is 22.2 Å². The fraction of sp³-hybridized carbons (Fsp3) is 0.476. The number of piperidine rings is 1. The molecule has 0 spiro atoms. The third-order valence-electron chi connectivity index (χ3n) is 6.96. The summed E-state index contributed by atoms with van der Waals surface area (Å²) in [6, 6.07) is 7.69. The van der Waals surface area contributed by atoms with Crippen LogP contribution in [0.2, 0.25) is 0 Å². The molecule has 3 heterocycles. The van der Waals surface area contributed by atoms with Gasteiger partial charge in [0.2, 0.25) is 5.91 Å². The molecule has 0 radical (unpaired) electrons. The van der Waals surface area contributed by atoms with Crippen LogP contribution in [0.15, 0.2) is 30.5 Å². The second-order valence-corrected chi connectivity index (χ2v) is 8.59. The number of nitrogens with zero attached hydrogens (tertiary/aromatic N) is 3. The van der Waals surface area contributed by atoms with E-state index in [4.69, 9.17) is 0 Å². The molecule has 10 heteroatoms. The van der Waals surface area contributed by atoms with Gasteiger partial charge in [0.05, 0.1) is 22.5 Å². The summed E-state index contributed by atoms with van der Waals surface area (Å²) in [4.78, 5) is 18.8. The van der Waals surface area contributed by atoms with Crippen LogP contribution in [0, 0.1) is 22.2 Å². The molecule has 0 unspecified atom stereocenters. The quantitative estimate of drug-likeness (QED) is 0.727. The molecule has 5 rings (SSSR count). The Labute approximate surface area is 175 Å². The van der Waals surface area contributed by atoms with Crippen molar-refractivity contribution in [2.24, 2.45) is 10.8 Å². The maximum absolute atomic E-state index is 14.2. The maximum atomic E-state index is 14.2. The average molecular weight is 433 g/mol. The fourth-order valence-electron chi connectivity index (χ4n) is 5.21. The van der Waals surface area contributed by atoms with Crippen molar-refractivity contribution in [1.82, 2.24) is 15.6 Å². The Bertz CT molecular complexity index is 1120. The number of aromatic nitrogens is 1. The van der Waals surface area contributed by atoms with Crippen molar-refractivity contribution in [2.75, 3.05) is 31.1 Å². The van der Waals surface area contributed by atoms with Gasteiger partial charge in [-0.25, -0.2) is 4.39 Å². The first kappa shape index (κ1) is 20.0. The Kier molecular flexibility index (Phi) is 4.21. The minimum atomic E-state index is -4.58. The molecule has 1 aromatic heterocycles. The number of hydrogen-bond acceptors (Lipinski definition) is 5. The number of alkyl halides is 4. The topological polar surface area (TPSA) is 81.0 Å². The van der Waals surface area contributed by atoms with E-state index >= 15 is 0 Å². The van der Waals surface area contributed by atoms with Crippen molar-refractivity contribution < 1.29 is 22.4 Å². The van der Waals surface area contributed by atoms with Crippen molar-refractivity contribution in [3.05, 3.63) is 36.0 Å². The van der Waals surface area contributed by atoms with Crippen LogP contribution in [0.5, 0.6) is 0 Å². The number of nitriles is 1. The van der Waals surface area contributed by atoms with Gasteiger partial charge in [0, 0.05) is 43.4 Å². The van der Waals surface area contributed by atoms with E-state index < -0.39 is 35.1 Å². The Hall–Kier alpha value is -2.93. The van der Waals surface area contributed by atoms with Gasteiger partial charge in [-0.2, -0.15) is 18.4 Å². The average Bonchev–Trinajstić information content (AvgIpc) is 3.04. The Balaban J connectivity index is 1.51. The van der Waals surface area contributed by atoms with Crippen LogP contribution in [-0.4, -0.2) is 55.5 Å². The van der Waals surface area contributed by atoms with Crippen LogP contribution in [0.3, 0.4) is 0 Å². The van der Waals surface area contributed by atoms with Crippen molar-refractivity contribution >= 4 is 22.5 Å². The number of anilines is 1. The summed E-state index contributed by atoms with van der Waals surface area (Å²) < 4.78 is 56.4. The zero-order chi connectivity index (χ0) is 22.0. The first-order chi connectivity index (χ1) is 14.7. The van der Waals surface area contributed by atoms with Crippen LogP contribution in [0.25, 0.3) is 10.9 Å². The molecule has 3 fully saturated rings.